The molecular formula is C20H15F2N5OS. The fourth-order valence-electron chi connectivity index (χ4n) is 2.67. The summed E-state index contributed by atoms with van der Waals surface area (Å²) in [5.41, 5.74) is 2.24. The molecule has 0 saturated carbocycles. The maximum absolute atomic E-state index is 13.8. The lowest BCUT2D eigenvalue weighted by molar-refractivity contribution is -0.116. The van der Waals surface area contributed by atoms with Gasteiger partial charge in [0.05, 0.1) is 11.4 Å². The van der Waals surface area contributed by atoms with E-state index in [2.05, 4.69) is 20.7 Å². The third kappa shape index (κ3) is 4.64. The average Bonchev–Trinajstić information content (AvgIpc) is 3.36. The Morgan fingerprint density at radius 1 is 1.14 bits per heavy atom. The van der Waals surface area contributed by atoms with E-state index in [9.17, 15) is 13.6 Å². The maximum atomic E-state index is 13.8. The van der Waals surface area contributed by atoms with E-state index < -0.39 is 11.6 Å². The van der Waals surface area contributed by atoms with Crippen LogP contribution < -0.4 is 10.6 Å². The second-order valence-corrected chi connectivity index (χ2v) is 6.98. The summed E-state index contributed by atoms with van der Waals surface area (Å²) in [5, 5.41) is 12.0. The van der Waals surface area contributed by atoms with Crippen LogP contribution in [0.3, 0.4) is 0 Å². The minimum atomic E-state index is -0.691. The van der Waals surface area contributed by atoms with Crippen LogP contribution in [0.2, 0.25) is 0 Å². The lowest BCUT2D eigenvalue weighted by atomic mass is 10.1. The molecule has 1 amide bonds. The average molecular weight is 411 g/mol. The first-order valence-corrected chi connectivity index (χ1v) is 9.50. The van der Waals surface area contributed by atoms with Gasteiger partial charge in [0.15, 0.2) is 5.13 Å². The van der Waals surface area contributed by atoms with Crippen LogP contribution in [0.5, 0.6) is 0 Å². The topological polar surface area (TPSA) is 71.8 Å². The Morgan fingerprint density at radius 3 is 2.83 bits per heavy atom. The van der Waals surface area contributed by atoms with E-state index in [1.807, 2.05) is 17.5 Å². The SMILES string of the molecule is O=C(Cn1cccn1)Nc1cccc(-c2csc(Nc3ccc(F)cc3F)n2)c1. The summed E-state index contributed by atoms with van der Waals surface area (Å²) >= 11 is 1.29. The van der Waals surface area contributed by atoms with Gasteiger partial charge in [0.2, 0.25) is 5.91 Å². The molecule has 0 aliphatic carbocycles. The van der Waals surface area contributed by atoms with Crippen molar-refractivity contribution < 1.29 is 13.6 Å². The van der Waals surface area contributed by atoms with Gasteiger partial charge < -0.3 is 10.6 Å². The molecule has 0 spiro atoms. The van der Waals surface area contributed by atoms with Crippen molar-refractivity contribution in [2.75, 3.05) is 10.6 Å². The summed E-state index contributed by atoms with van der Waals surface area (Å²) in [6, 6.07) is 12.3. The third-order valence-corrected chi connectivity index (χ3v) is 4.74. The quantitative estimate of drug-likeness (QED) is 0.484. The van der Waals surface area contributed by atoms with Crippen molar-refractivity contribution in [3.05, 3.63) is 77.9 Å². The molecular weight excluding hydrogens is 396 g/mol. The van der Waals surface area contributed by atoms with Gasteiger partial charge in [-0.25, -0.2) is 13.8 Å². The molecule has 6 nitrogen and oxygen atoms in total. The fraction of sp³-hybridized carbons (Fsp3) is 0.0500. The van der Waals surface area contributed by atoms with E-state index in [4.69, 9.17) is 0 Å². The number of carbonyl (C=O) groups is 1. The smallest absolute Gasteiger partial charge is 0.246 e. The zero-order valence-electron chi connectivity index (χ0n) is 15.0. The molecule has 2 aromatic heterocycles. The van der Waals surface area contributed by atoms with Crippen LogP contribution in [-0.4, -0.2) is 20.7 Å². The molecule has 0 atom stereocenters. The second kappa shape index (κ2) is 8.19. The van der Waals surface area contributed by atoms with Crippen molar-refractivity contribution in [2.45, 2.75) is 6.54 Å². The van der Waals surface area contributed by atoms with Crippen molar-refractivity contribution >= 4 is 33.8 Å². The number of rotatable bonds is 6. The Hall–Kier alpha value is -3.59. The summed E-state index contributed by atoms with van der Waals surface area (Å²) in [6.07, 6.45) is 3.32. The van der Waals surface area contributed by atoms with E-state index in [-0.39, 0.29) is 18.1 Å². The molecule has 29 heavy (non-hydrogen) atoms. The summed E-state index contributed by atoms with van der Waals surface area (Å²) < 4.78 is 28.4. The molecule has 0 aliphatic rings. The summed E-state index contributed by atoms with van der Waals surface area (Å²) in [7, 11) is 0. The number of nitrogens with one attached hydrogen (secondary N) is 2. The molecule has 0 fully saturated rings. The van der Waals surface area contributed by atoms with Gasteiger partial charge in [-0.1, -0.05) is 12.1 Å². The molecule has 2 N–H and O–H groups in total. The highest BCUT2D eigenvalue weighted by atomic mass is 32.1. The molecule has 4 aromatic rings. The number of anilines is 3. The zero-order valence-corrected chi connectivity index (χ0v) is 15.8. The molecule has 0 bridgehead atoms. The van der Waals surface area contributed by atoms with Crippen LogP contribution in [0.25, 0.3) is 11.3 Å². The Labute approximate surface area is 168 Å². The second-order valence-electron chi connectivity index (χ2n) is 6.12. The molecule has 146 valence electrons. The van der Waals surface area contributed by atoms with Crippen LogP contribution in [0.4, 0.5) is 25.3 Å². The predicted octanol–water partition coefficient (Wildman–Crippen LogP) is 4.67. The van der Waals surface area contributed by atoms with Gasteiger partial charge >= 0.3 is 0 Å². The van der Waals surface area contributed by atoms with E-state index in [1.54, 1.807) is 30.6 Å². The van der Waals surface area contributed by atoms with Crippen molar-refractivity contribution in [3.63, 3.8) is 0 Å². The summed E-state index contributed by atoms with van der Waals surface area (Å²) in [5.74, 6) is -1.53. The van der Waals surface area contributed by atoms with Crippen LogP contribution in [-0.2, 0) is 11.3 Å². The number of amides is 1. The Balaban J connectivity index is 1.46. The Bertz CT molecular complexity index is 1140. The number of hydrogen-bond donors (Lipinski definition) is 2. The van der Waals surface area contributed by atoms with Gasteiger partial charge in [-0.05, 0) is 30.3 Å². The number of halogens is 2. The van der Waals surface area contributed by atoms with Gasteiger partial charge in [-0.15, -0.1) is 11.3 Å². The molecule has 9 heteroatoms. The number of thiazole rings is 1. The van der Waals surface area contributed by atoms with Crippen LogP contribution >= 0.6 is 11.3 Å². The number of aromatic nitrogens is 3. The van der Waals surface area contributed by atoms with Crippen LogP contribution in [0.15, 0.2) is 66.3 Å². The monoisotopic (exact) mass is 411 g/mol. The van der Waals surface area contributed by atoms with Crippen molar-refractivity contribution in [1.29, 1.82) is 0 Å². The third-order valence-electron chi connectivity index (χ3n) is 3.98. The van der Waals surface area contributed by atoms with E-state index in [1.165, 1.54) is 28.2 Å². The van der Waals surface area contributed by atoms with Crippen molar-refractivity contribution in [1.82, 2.24) is 14.8 Å². The Morgan fingerprint density at radius 2 is 2.03 bits per heavy atom. The molecule has 0 aliphatic heterocycles. The van der Waals surface area contributed by atoms with E-state index >= 15 is 0 Å². The highest BCUT2D eigenvalue weighted by molar-refractivity contribution is 7.14. The molecule has 2 heterocycles. The first-order valence-electron chi connectivity index (χ1n) is 8.62. The fourth-order valence-corrected chi connectivity index (χ4v) is 3.40. The first-order chi connectivity index (χ1) is 14.1. The van der Waals surface area contributed by atoms with E-state index in [0.717, 1.165) is 11.6 Å². The first kappa shape index (κ1) is 18.8. The van der Waals surface area contributed by atoms with Crippen LogP contribution in [0, 0.1) is 11.6 Å². The normalized spacial score (nSPS) is 10.7. The minimum absolute atomic E-state index is 0.116. The molecule has 2 aromatic carbocycles. The lowest BCUT2D eigenvalue weighted by Gasteiger charge is -2.07. The number of benzene rings is 2. The molecule has 4 rings (SSSR count). The zero-order chi connectivity index (χ0) is 20.2. The van der Waals surface area contributed by atoms with Crippen LogP contribution in [0.1, 0.15) is 0 Å². The standard InChI is InChI=1S/C20H15F2N5OS/c21-14-5-6-17(16(22)10-14)25-20-26-18(12-29-20)13-3-1-4-15(9-13)24-19(28)11-27-8-2-7-23-27/h1-10,12H,11H2,(H,24,28)(H,25,26). The lowest BCUT2D eigenvalue weighted by Crippen LogP contribution is -2.18. The van der Waals surface area contributed by atoms with Gasteiger partial charge in [0.1, 0.15) is 18.2 Å². The largest absolute Gasteiger partial charge is 0.329 e. The van der Waals surface area contributed by atoms with Gasteiger partial charge in [0.25, 0.3) is 0 Å². The highest BCUT2D eigenvalue weighted by Gasteiger charge is 2.10. The highest BCUT2D eigenvalue weighted by Crippen LogP contribution is 2.29. The Kier molecular flexibility index (Phi) is 5.30. The summed E-state index contributed by atoms with van der Waals surface area (Å²) in [4.78, 5) is 16.6. The van der Waals surface area contributed by atoms with Crippen molar-refractivity contribution in [2.24, 2.45) is 0 Å². The van der Waals surface area contributed by atoms with Crippen molar-refractivity contribution in [3.8, 4) is 11.3 Å². The maximum Gasteiger partial charge on any atom is 0.246 e. The number of carbonyl (C=O) groups excluding carboxylic acids is 1. The van der Waals surface area contributed by atoms with Gasteiger partial charge in [-0.2, -0.15) is 5.10 Å². The van der Waals surface area contributed by atoms with Gasteiger partial charge in [-0.3, -0.25) is 9.48 Å². The number of hydrogen-bond acceptors (Lipinski definition) is 5. The molecule has 0 unspecified atom stereocenters. The minimum Gasteiger partial charge on any atom is -0.329 e. The summed E-state index contributed by atoms with van der Waals surface area (Å²) in [6.45, 7) is 0.116. The van der Waals surface area contributed by atoms with E-state index in [0.29, 0.717) is 16.5 Å². The number of nitrogens with zero attached hydrogens (tertiary/aromatic N) is 3. The molecule has 0 radical (unpaired) electrons. The predicted molar refractivity (Wildman–Crippen MR) is 108 cm³/mol. The molecule has 0 saturated heterocycles. The van der Waals surface area contributed by atoms with Gasteiger partial charge in [0, 0.05) is 35.1 Å².